The number of esters is 1. The van der Waals surface area contributed by atoms with Crippen molar-refractivity contribution in [3.63, 3.8) is 0 Å². The number of carbonyl (C=O) groups excluding carboxylic acids is 2. The van der Waals surface area contributed by atoms with Crippen molar-refractivity contribution in [2.45, 2.75) is 63.8 Å². The molecule has 0 bridgehead atoms. The van der Waals surface area contributed by atoms with Gasteiger partial charge in [0.2, 0.25) is 5.91 Å². The lowest BCUT2D eigenvalue weighted by molar-refractivity contribution is -0.154. The van der Waals surface area contributed by atoms with Crippen molar-refractivity contribution in [3.8, 4) is 0 Å². The maximum Gasteiger partial charge on any atom is 0.329 e. The number of hydrogen-bond donors (Lipinski definition) is 0. The van der Waals surface area contributed by atoms with E-state index in [2.05, 4.69) is 6.92 Å². The fourth-order valence-corrected chi connectivity index (χ4v) is 4.81. The summed E-state index contributed by atoms with van der Waals surface area (Å²) in [7, 11) is 0. The minimum Gasteiger partial charge on any atom is -0.464 e. The molecule has 0 saturated carbocycles. The zero-order valence-electron chi connectivity index (χ0n) is 15.6. The van der Waals surface area contributed by atoms with Gasteiger partial charge in [-0.15, -0.1) is 11.8 Å². The van der Waals surface area contributed by atoms with Crippen LogP contribution in [0.2, 0.25) is 5.02 Å². The quantitative estimate of drug-likeness (QED) is 0.424. The van der Waals surface area contributed by atoms with Crippen LogP contribution >= 0.6 is 23.4 Å². The van der Waals surface area contributed by atoms with E-state index in [0.717, 1.165) is 37.7 Å². The first-order valence-electron chi connectivity index (χ1n) is 9.44. The molecule has 1 aliphatic rings. The van der Waals surface area contributed by atoms with Gasteiger partial charge in [0.15, 0.2) is 0 Å². The molecule has 4 nitrogen and oxygen atoms in total. The van der Waals surface area contributed by atoms with Gasteiger partial charge in [-0.3, -0.25) is 4.79 Å². The smallest absolute Gasteiger partial charge is 0.329 e. The van der Waals surface area contributed by atoms with Gasteiger partial charge in [-0.2, -0.15) is 0 Å². The van der Waals surface area contributed by atoms with Gasteiger partial charge in [0.05, 0.1) is 6.61 Å². The van der Waals surface area contributed by atoms with Gasteiger partial charge in [-0.25, -0.2) is 4.79 Å². The highest BCUT2D eigenvalue weighted by atomic mass is 35.5. The van der Waals surface area contributed by atoms with Gasteiger partial charge in [0.25, 0.3) is 0 Å². The first-order valence-corrected chi connectivity index (χ1v) is 10.9. The van der Waals surface area contributed by atoms with Crippen molar-refractivity contribution in [2.24, 2.45) is 0 Å². The van der Waals surface area contributed by atoms with Crippen LogP contribution in [-0.4, -0.2) is 35.2 Å². The number of thioether (sulfide) groups is 1. The summed E-state index contributed by atoms with van der Waals surface area (Å²) in [6, 6.07) is 7.00. The fraction of sp³-hybridized carbons (Fsp3) is 0.600. The largest absolute Gasteiger partial charge is 0.464 e. The number of ether oxygens (including phenoxy) is 1. The molecule has 0 unspecified atom stereocenters. The highest BCUT2D eigenvalue weighted by molar-refractivity contribution is 7.99. The lowest BCUT2D eigenvalue weighted by Gasteiger charge is -2.29. The normalized spacial score (nSPS) is 19.6. The Bertz CT molecular complexity index is 610. The summed E-state index contributed by atoms with van der Waals surface area (Å²) in [6.45, 7) is 4.49. The molecule has 1 aromatic carbocycles. The van der Waals surface area contributed by atoms with E-state index in [1.165, 1.54) is 0 Å². The Labute approximate surface area is 165 Å². The molecule has 26 heavy (non-hydrogen) atoms. The van der Waals surface area contributed by atoms with Crippen LogP contribution in [0.25, 0.3) is 0 Å². The zero-order valence-corrected chi connectivity index (χ0v) is 17.2. The summed E-state index contributed by atoms with van der Waals surface area (Å²) < 4.78 is 5.33. The molecule has 0 radical (unpaired) electrons. The van der Waals surface area contributed by atoms with Gasteiger partial charge >= 0.3 is 5.97 Å². The number of rotatable bonds is 9. The average Bonchev–Trinajstić information content (AvgIpc) is 3.08. The second kappa shape index (κ2) is 10.8. The second-order valence-electron chi connectivity index (χ2n) is 6.50. The van der Waals surface area contributed by atoms with E-state index in [0.29, 0.717) is 23.8 Å². The molecule has 1 fully saturated rings. The molecule has 1 aliphatic heterocycles. The van der Waals surface area contributed by atoms with Gasteiger partial charge in [0, 0.05) is 22.8 Å². The van der Waals surface area contributed by atoms with Crippen molar-refractivity contribution in [3.05, 3.63) is 34.9 Å². The molecular weight excluding hydrogens is 370 g/mol. The topological polar surface area (TPSA) is 46.6 Å². The van der Waals surface area contributed by atoms with E-state index in [9.17, 15) is 9.59 Å². The predicted octanol–water partition coefficient (Wildman–Crippen LogP) is 5.21. The van der Waals surface area contributed by atoms with E-state index >= 15 is 0 Å². The Morgan fingerprint density at radius 2 is 1.96 bits per heavy atom. The Hall–Kier alpha value is -1.20. The Morgan fingerprint density at radius 1 is 1.19 bits per heavy atom. The van der Waals surface area contributed by atoms with E-state index in [1.807, 2.05) is 31.2 Å². The van der Waals surface area contributed by atoms with Crippen LogP contribution < -0.4 is 0 Å². The molecular formula is C20H28ClNO3S. The number of hydrogen-bond acceptors (Lipinski definition) is 4. The van der Waals surface area contributed by atoms with Crippen LogP contribution in [0, 0.1) is 0 Å². The van der Waals surface area contributed by atoms with Gasteiger partial charge in [0.1, 0.15) is 11.4 Å². The van der Waals surface area contributed by atoms with Crippen molar-refractivity contribution >= 4 is 35.2 Å². The Morgan fingerprint density at radius 3 is 2.65 bits per heavy atom. The summed E-state index contributed by atoms with van der Waals surface area (Å²) in [6.07, 6.45) is 5.36. The highest BCUT2D eigenvalue weighted by Crippen LogP contribution is 2.44. The summed E-state index contributed by atoms with van der Waals surface area (Å²) in [5.41, 5.74) is 0.881. The predicted molar refractivity (Wildman–Crippen MR) is 107 cm³/mol. The van der Waals surface area contributed by atoms with E-state index in [4.69, 9.17) is 16.3 Å². The van der Waals surface area contributed by atoms with Crippen LogP contribution in [0.5, 0.6) is 0 Å². The molecule has 144 valence electrons. The van der Waals surface area contributed by atoms with Crippen LogP contribution in [0.15, 0.2) is 24.3 Å². The maximum absolute atomic E-state index is 13.0. The Kier molecular flexibility index (Phi) is 8.79. The zero-order chi connectivity index (χ0) is 18.9. The summed E-state index contributed by atoms with van der Waals surface area (Å²) in [4.78, 5) is 27.2. The number of nitrogens with zero attached hydrogens (tertiary/aromatic N) is 1. The molecule has 2 atom stereocenters. The number of unbranched alkanes of at least 4 members (excludes halogenated alkanes) is 3. The van der Waals surface area contributed by atoms with Gasteiger partial charge in [-0.1, -0.05) is 62.9 Å². The van der Waals surface area contributed by atoms with Crippen molar-refractivity contribution in [2.75, 3.05) is 12.4 Å². The van der Waals surface area contributed by atoms with Crippen LogP contribution in [0.4, 0.5) is 0 Å². The molecule has 6 heteroatoms. The minimum atomic E-state index is -0.536. The summed E-state index contributed by atoms with van der Waals surface area (Å²) >= 11 is 7.94. The molecule has 0 aromatic heterocycles. The number of halogens is 1. The number of benzene rings is 1. The SMILES string of the molecule is CCCCCCC(=O)N1[C@@H](C(=O)OCCC)CS[C@@H]1c1ccccc1Cl. The third-order valence-electron chi connectivity index (χ3n) is 4.42. The lowest BCUT2D eigenvalue weighted by Crippen LogP contribution is -2.43. The molecule has 1 aromatic rings. The molecule has 1 heterocycles. The molecule has 1 amide bonds. The summed E-state index contributed by atoms with van der Waals surface area (Å²) in [5, 5.41) is 0.387. The van der Waals surface area contributed by atoms with Crippen LogP contribution in [0.3, 0.4) is 0 Å². The van der Waals surface area contributed by atoms with Crippen molar-refractivity contribution < 1.29 is 14.3 Å². The van der Waals surface area contributed by atoms with Crippen molar-refractivity contribution in [1.82, 2.24) is 4.90 Å². The van der Waals surface area contributed by atoms with Crippen LogP contribution in [0.1, 0.15) is 63.3 Å². The summed E-state index contributed by atoms with van der Waals surface area (Å²) in [5.74, 6) is 0.240. The van der Waals surface area contributed by atoms with E-state index < -0.39 is 6.04 Å². The Balaban J connectivity index is 2.17. The number of amides is 1. The fourth-order valence-electron chi connectivity index (χ4n) is 3.04. The molecule has 0 spiro atoms. The van der Waals surface area contributed by atoms with Crippen LogP contribution in [-0.2, 0) is 14.3 Å². The highest BCUT2D eigenvalue weighted by Gasteiger charge is 2.43. The van der Waals surface area contributed by atoms with Gasteiger partial charge < -0.3 is 9.64 Å². The second-order valence-corrected chi connectivity index (χ2v) is 8.02. The first kappa shape index (κ1) is 21.1. The standard InChI is InChI=1S/C20H28ClNO3S/c1-3-5-6-7-12-18(23)22-17(20(24)25-13-4-2)14-26-19(22)15-10-8-9-11-16(15)21/h8-11,17,19H,3-7,12-14H2,1-2H3/t17-,19-/m1/s1. The van der Waals surface area contributed by atoms with Gasteiger partial charge in [-0.05, 0) is 18.9 Å². The van der Waals surface area contributed by atoms with E-state index in [-0.39, 0.29) is 17.3 Å². The maximum atomic E-state index is 13.0. The van der Waals surface area contributed by atoms with Crippen molar-refractivity contribution in [1.29, 1.82) is 0 Å². The molecule has 1 saturated heterocycles. The third kappa shape index (κ3) is 5.40. The number of carbonyl (C=O) groups is 2. The first-order chi connectivity index (χ1) is 12.6. The molecule has 2 rings (SSSR count). The minimum absolute atomic E-state index is 0.00877. The average molecular weight is 398 g/mol. The third-order valence-corrected chi connectivity index (χ3v) is 6.07. The monoisotopic (exact) mass is 397 g/mol. The lowest BCUT2D eigenvalue weighted by atomic mass is 10.1. The van der Waals surface area contributed by atoms with E-state index in [1.54, 1.807) is 16.7 Å². The molecule has 0 aliphatic carbocycles. The molecule has 0 N–H and O–H groups in total.